The molecule has 0 radical (unpaired) electrons. The summed E-state index contributed by atoms with van der Waals surface area (Å²) in [5.41, 5.74) is -0.179. The van der Waals surface area contributed by atoms with Gasteiger partial charge in [0.2, 0.25) is 6.29 Å². The number of hydrogen-bond donors (Lipinski definition) is 7. The fourth-order valence-corrected chi connectivity index (χ4v) is 13.3. The first kappa shape index (κ1) is 40.5. The summed E-state index contributed by atoms with van der Waals surface area (Å²) in [7, 11) is 0. The van der Waals surface area contributed by atoms with Crippen LogP contribution in [0.15, 0.2) is 11.6 Å². The zero-order chi connectivity index (χ0) is 39.6. The van der Waals surface area contributed by atoms with E-state index in [0.29, 0.717) is 25.2 Å². The number of rotatable bonds is 5. The molecule has 6 fully saturated rings. The Morgan fingerprint density at radius 3 is 2.11 bits per heavy atom. The second kappa shape index (κ2) is 13.4. The normalized spacial score (nSPS) is 52.4. The van der Waals surface area contributed by atoms with E-state index in [0.717, 1.165) is 44.9 Å². The first-order chi connectivity index (χ1) is 25.0. The number of hydrogen-bond acceptors (Lipinski definition) is 12. The van der Waals surface area contributed by atoms with Crippen LogP contribution >= 0.6 is 0 Å². The van der Waals surface area contributed by atoms with Gasteiger partial charge in [-0.05, 0) is 109 Å². The number of allylic oxidation sites excluding steroid dienone is 2. The number of carbonyl (C=O) groups is 2. The van der Waals surface area contributed by atoms with Crippen molar-refractivity contribution in [2.24, 2.45) is 50.2 Å². The van der Waals surface area contributed by atoms with Crippen molar-refractivity contribution in [2.45, 2.75) is 174 Å². The molecule has 4 saturated carbocycles. The van der Waals surface area contributed by atoms with Crippen LogP contribution in [0.25, 0.3) is 0 Å². The van der Waals surface area contributed by atoms with Crippen LogP contribution in [-0.4, -0.2) is 116 Å². The molecule has 7 N–H and O–H groups in total. The third kappa shape index (κ3) is 5.88. The van der Waals surface area contributed by atoms with Crippen molar-refractivity contribution in [3.05, 3.63) is 11.6 Å². The minimum atomic E-state index is -1.78. The Labute approximate surface area is 318 Å². The molecule has 54 heavy (non-hydrogen) atoms. The molecule has 7 aliphatic rings. The summed E-state index contributed by atoms with van der Waals surface area (Å²) in [6.45, 7) is 16.0. The zero-order valence-corrected chi connectivity index (χ0v) is 32.9. The van der Waals surface area contributed by atoms with E-state index in [1.165, 1.54) is 5.57 Å². The Balaban J connectivity index is 1.16. The van der Waals surface area contributed by atoms with Crippen LogP contribution in [0.1, 0.15) is 113 Å². The summed E-state index contributed by atoms with van der Waals surface area (Å²) >= 11 is 0. The van der Waals surface area contributed by atoms with Crippen LogP contribution in [0.2, 0.25) is 0 Å². The Kier molecular flexibility index (Phi) is 10.1. The molecule has 306 valence electrons. The van der Waals surface area contributed by atoms with E-state index < -0.39 is 78.1 Å². The molecular formula is C41H64O13. The summed E-state index contributed by atoms with van der Waals surface area (Å²) < 4.78 is 23.4. The summed E-state index contributed by atoms with van der Waals surface area (Å²) in [5.74, 6) is -1.33. The van der Waals surface area contributed by atoms with E-state index >= 15 is 0 Å². The van der Waals surface area contributed by atoms with Crippen molar-refractivity contribution in [3.63, 3.8) is 0 Å². The van der Waals surface area contributed by atoms with E-state index in [2.05, 4.69) is 54.5 Å². The van der Waals surface area contributed by atoms with Gasteiger partial charge in [0.05, 0.1) is 18.1 Å². The van der Waals surface area contributed by atoms with Gasteiger partial charge in [0, 0.05) is 0 Å². The third-order valence-corrected chi connectivity index (χ3v) is 16.8. The molecule has 2 saturated heterocycles. The number of fused-ring (bicyclic) bond motifs is 7. The Morgan fingerprint density at radius 1 is 0.759 bits per heavy atom. The molecule has 0 unspecified atom stereocenters. The monoisotopic (exact) mass is 764 g/mol. The predicted molar refractivity (Wildman–Crippen MR) is 192 cm³/mol. The van der Waals surface area contributed by atoms with Crippen molar-refractivity contribution in [1.82, 2.24) is 0 Å². The van der Waals surface area contributed by atoms with Crippen molar-refractivity contribution in [3.8, 4) is 0 Å². The van der Waals surface area contributed by atoms with Gasteiger partial charge in [0.25, 0.3) is 0 Å². The number of ether oxygens (including phenoxy) is 4. The van der Waals surface area contributed by atoms with Crippen LogP contribution < -0.4 is 0 Å². The first-order valence-corrected chi connectivity index (χ1v) is 20.2. The number of carboxylic acid groups (broad SMARTS) is 1. The molecule has 0 amide bonds. The molecule has 13 heteroatoms. The SMILES string of the molecule is CC1(C)CC[C@]2(C(=O)O[C@@H]3OC[C@@H](O)[C@H](O)[C@H]3O)CC[C@]3(C)C(=CC[C@@H]4[C@@]5(C)CC[C@H](O[C@@H]6O[C@H](C(=O)O)[C@@H](O)[C@H](O)[C@H]6O)C(C)(C)[C@@H]5CC[C@]43C)[C@H]2C1. The van der Waals surface area contributed by atoms with E-state index in [9.17, 15) is 45.3 Å². The molecule has 2 aliphatic heterocycles. The van der Waals surface area contributed by atoms with E-state index in [4.69, 9.17) is 18.9 Å². The molecule has 7 rings (SSSR count). The summed E-state index contributed by atoms with van der Waals surface area (Å²) in [4.78, 5) is 26.2. The maximum atomic E-state index is 14.4. The van der Waals surface area contributed by atoms with Gasteiger partial charge >= 0.3 is 11.9 Å². The van der Waals surface area contributed by atoms with E-state index in [-0.39, 0.29) is 46.2 Å². The van der Waals surface area contributed by atoms with Crippen molar-refractivity contribution in [1.29, 1.82) is 0 Å². The Bertz CT molecular complexity index is 1510. The van der Waals surface area contributed by atoms with Crippen LogP contribution in [0.3, 0.4) is 0 Å². The second-order valence-corrected chi connectivity index (χ2v) is 20.2. The quantitative estimate of drug-likeness (QED) is 0.122. The van der Waals surface area contributed by atoms with Crippen molar-refractivity contribution >= 4 is 11.9 Å². The zero-order valence-electron chi connectivity index (χ0n) is 32.9. The van der Waals surface area contributed by atoms with Crippen molar-refractivity contribution in [2.75, 3.05) is 6.61 Å². The molecule has 0 bridgehead atoms. The van der Waals surface area contributed by atoms with Gasteiger partial charge in [-0.25, -0.2) is 4.79 Å². The number of esters is 1. The average Bonchev–Trinajstić information content (AvgIpc) is 3.09. The third-order valence-electron chi connectivity index (χ3n) is 16.8. The summed E-state index contributed by atoms with van der Waals surface area (Å²) in [6, 6.07) is 0. The van der Waals surface area contributed by atoms with Gasteiger partial charge in [-0.3, -0.25) is 4.79 Å². The summed E-state index contributed by atoms with van der Waals surface area (Å²) in [5, 5.41) is 72.0. The molecule has 2 heterocycles. The number of aliphatic hydroxyl groups is 6. The van der Waals surface area contributed by atoms with Gasteiger partial charge in [0.15, 0.2) is 12.4 Å². The standard InChI is InChI=1S/C41H64O13/c1-36(2)14-16-41(35(50)54-33-29(46)26(43)22(42)19-51-33)17-15-39(6)20(21(41)18-36)8-9-24-38(5)12-11-25(37(3,4)23(38)10-13-40(24,39)7)52-34-30(47)27(44)28(45)31(53-34)32(48)49/h8,21-31,33-34,42-47H,9-19H2,1-7H3,(H,48,49)/t21-,22-,23+,24-,25+,26+,27+,28+,29-,30-,31+,33+,34-,38+,39-,40-,41+/m1/s1. The lowest BCUT2D eigenvalue weighted by Crippen LogP contribution is -2.66. The maximum absolute atomic E-state index is 14.4. The van der Waals surface area contributed by atoms with Crippen LogP contribution in [-0.2, 0) is 28.5 Å². The smallest absolute Gasteiger partial charge is 0.335 e. The van der Waals surface area contributed by atoms with Gasteiger partial charge in [-0.2, -0.15) is 0 Å². The molecule has 0 spiro atoms. The number of carbonyl (C=O) groups excluding carboxylic acids is 1. The summed E-state index contributed by atoms with van der Waals surface area (Å²) in [6.07, 6.45) is -3.74. The lowest BCUT2D eigenvalue weighted by molar-refractivity contribution is -0.324. The molecule has 0 aromatic heterocycles. The maximum Gasteiger partial charge on any atom is 0.335 e. The molecule has 17 atom stereocenters. The Morgan fingerprint density at radius 2 is 1.43 bits per heavy atom. The first-order valence-electron chi connectivity index (χ1n) is 20.2. The van der Waals surface area contributed by atoms with Crippen molar-refractivity contribution < 1.29 is 64.3 Å². The lowest BCUT2D eigenvalue weighted by atomic mass is 9.33. The van der Waals surface area contributed by atoms with Gasteiger partial charge in [-0.1, -0.05) is 60.1 Å². The second-order valence-electron chi connectivity index (χ2n) is 20.2. The van der Waals surface area contributed by atoms with Gasteiger partial charge in [-0.15, -0.1) is 0 Å². The largest absolute Gasteiger partial charge is 0.479 e. The van der Waals surface area contributed by atoms with E-state index in [1.54, 1.807) is 0 Å². The topological polar surface area (TPSA) is 213 Å². The van der Waals surface area contributed by atoms with Gasteiger partial charge in [0.1, 0.15) is 36.6 Å². The molecule has 0 aromatic rings. The minimum absolute atomic E-state index is 0.00668. The number of aliphatic carboxylic acids is 1. The Hall–Kier alpha value is -1.68. The highest BCUT2D eigenvalue weighted by molar-refractivity contribution is 5.79. The number of aliphatic hydroxyl groups excluding tert-OH is 6. The fraction of sp³-hybridized carbons (Fsp3) is 0.902. The predicted octanol–water partition coefficient (Wildman–Crippen LogP) is 3.05. The van der Waals surface area contributed by atoms with Crippen LogP contribution in [0.4, 0.5) is 0 Å². The molecule has 5 aliphatic carbocycles. The molecule has 13 nitrogen and oxygen atoms in total. The van der Waals surface area contributed by atoms with Crippen LogP contribution in [0.5, 0.6) is 0 Å². The number of carboxylic acids is 1. The lowest BCUT2D eigenvalue weighted by Gasteiger charge is -2.71. The molecular weight excluding hydrogens is 700 g/mol. The fourth-order valence-electron chi connectivity index (χ4n) is 13.3. The highest BCUT2D eigenvalue weighted by Gasteiger charge is 2.70. The van der Waals surface area contributed by atoms with E-state index in [1.807, 2.05) is 0 Å². The average molecular weight is 765 g/mol. The highest BCUT2D eigenvalue weighted by Crippen LogP contribution is 2.76. The van der Waals surface area contributed by atoms with Crippen LogP contribution in [0, 0.1) is 50.2 Å². The van der Waals surface area contributed by atoms with Gasteiger partial charge < -0.3 is 54.7 Å². The molecule has 0 aromatic carbocycles. The highest BCUT2D eigenvalue weighted by atomic mass is 16.7. The minimum Gasteiger partial charge on any atom is -0.479 e.